The van der Waals surface area contributed by atoms with Gasteiger partial charge in [-0.05, 0) is 33.7 Å². The van der Waals surface area contributed by atoms with E-state index < -0.39 is 0 Å². The van der Waals surface area contributed by atoms with Crippen LogP contribution in [0.4, 0.5) is 0 Å². The van der Waals surface area contributed by atoms with E-state index in [2.05, 4.69) is 25.7 Å². The van der Waals surface area contributed by atoms with Crippen molar-refractivity contribution in [3.8, 4) is 0 Å². The predicted molar refractivity (Wildman–Crippen MR) is 61.5 cm³/mol. The van der Waals surface area contributed by atoms with Gasteiger partial charge < -0.3 is 4.90 Å². The van der Waals surface area contributed by atoms with Gasteiger partial charge in [0, 0.05) is 19.0 Å². The molecule has 0 amide bonds. The SMILES string of the molecule is CCCCCN(CCC(C)=O)C(C)C. The number of unbranched alkanes of at least 4 members (excludes halogenated alkanes) is 2. The van der Waals surface area contributed by atoms with Crippen LogP contribution in [0.3, 0.4) is 0 Å². The number of carbonyl (C=O) groups is 1. The third-order valence-corrected chi connectivity index (χ3v) is 2.53. The van der Waals surface area contributed by atoms with Crippen molar-refractivity contribution in [1.82, 2.24) is 4.90 Å². The molecule has 0 unspecified atom stereocenters. The van der Waals surface area contributed by atoms with Crippen molar-refractivity contribution in [3.05, 3.63) is 0 Å². The van der Waals surface area contributed by atoms with Crippen molar-refractivity contribution in [3.63, 3.8) is 0 Å². The quantitative estimate of drug-likeness (QED) is 0.560. The van der Waals surface area contributed by atoms with Crippen LogP contribution in [0.1, 0.15) is 53.4 Å². The second-order valence-electron chi connectivity index (χ2n) is 4.29. The summed E-state index contributed by atoms with van der Waals surface area (Å²) >= 11 is 0. The van der Waals surface area contributed by atoms with Crippen LogP contribution in [0.2, 0.25) is 0 Å². The summed E-state index contributed by atoms with van der Waals surface area (Å²) in [6.07, 6.45) is 4.51. The lowest BCUT2D eigenvalue weighted by Gasteiger charge is -2.25. The van der Waals surface area contributed by atoms with E-state index in [1.54, 1.807) is 6.92 Å². The number of rotatable bonds is 8. The van der Waals surface area contributed by atoms with E-state index in [4.69, 9.17) is 0 Å². The highest BCUT2D eigenvalue weighted by Gasteiger charge is 2.09. The Morgan fingerprint density at radius 2 is 1.86 bits per heavy atom. The van der Waals surface area contributed by atoms with E-state index >= 15 is 0 Å². The van der Waals surface area contributed by atoms with Crippen molar-refractivity contribution in [1.29, 1.82) is 0 Å². The summed E-state index contributed by atoms with van der Waals surface area (Å²) in [5.74, 6) is 0.297. The zero-order valence-corrected chi connectivity index (χ0v) is 10.2. The van der Waals surface area contributed by atoms with Crippen LogP contribution in [0.15, 0.2) is 0 Å². The summed E-state index contributed by atoms with van der Waals surface area (Å²) in [4.78, 5) is 13.3. The predicted octanol–water partition coefficient (Wildman–Crippen LogP) is 2.87. The van der Waals surface area contributed by atoms with Crippen LogP contribution in [0, 0.1) is 0 Å². The lowest BCUT2D eigenvalue weighted by Crippen LogP contribution is -2.33. The Morgan fingerprint density at radius 1 is 1.21 bits per heavy atom. The molecule has 14 heavy (non-hydrogen) atoms. The minimum absolute atomic E-state index is 0.297. The van der Waals surface area contributed by atoms with Gasteiger partial charge in [-0.1, -0.05) is 19.8 Å². The summed E-state index contributed by atoms with van der Waals surface area (Å²) in [7, 11) is 0. The van der Waals surface area contributed by atoms with E-state index in [1.807, 2.05) is 0 Å². The molecule has 0 fully saturated rings. The molecule has 0 saturated heterocycles. The summed E-state index contributed by atoms with van der Waals surface area (Å²) in [5, 5.41) is 0. The zero-order valence-electron chi connectivity index (χ0n) is 10.2. The zero-order chi connectivity index (χ0) is 11.0. The molecule has 0 aromatic heterocycles. The number of nitrogens with zero attached hydrogens (tertiary/aromatic N) is 1. The molecule has 0 heterocycles. The molecule has 0 aliphatic heterocycles. The fourth-order valence-corrected chi connectivity index (χ4v) is 1.49. The second-order valence-corrected chi connectivity index (χ2v) is 4.29. The minimum atomic E-state index is 0.297. The molecule has 84 valence electrons. The second kappa shape index (κ2) is 7.98. The van der Waals surface area contributed by atoms with Crippen molar-refractivity contribution in [2.75, 3.05) is 13.1 Å². The molecule has 0 aliphatic carbocycles. The highest BCUT2D eigenvalue weighted by atomic mass is 16.1. The fraction of sp³-hybridized carbons (Fsp3) is 0.917. The molecular weight excluding hydrogens is 174 g/mol. The van der Waals surface area contributed by atoms with Crippen molar-refractivity contribution in [2.45, 2.75) is 59.4 Å². The van der Waals surface area contributed by atoms with Gasteiger partial charge >= 0.3 is 0 Å². The Bertz CT molecular complexity index is 154. The molecule has 0 saturated carbocycles. The third-order valence-electron chi connectivity index (χ3n) is 2.53. The summed E-state index contributed by atoms with van der Waals surface area (Å²) < 4.78 is 0. The van der Waals surface area contributed by atoms with Gasteiger partial charge in [-0.3, -0.25) is 4.79 Å². The monoisotopic (exact) mass is 199 g/mol. The van der Waals surface area contributed by atoms with E-state index in [0.29, 0.717) is 18.2 Å². The average molecular weight is 199 g/mol. The number of carbonyl (C=O) groups excluding carboxylic acids is 1. The van der Waals surface area contributed by atoms with Gasteiger partial charge in [0.25, 0.3) is 0 Å². The molecule has 0 bridgehead atoms. The van der Waals surface area contributed by atoms with Gasteiger partial charge in [-0.25, -0.2) is 0 Å². The number of Topliss-reactive ketones (excluding diaryl/α,β-unsaturated/α-hetero) is 1. The van der Waals surface area contributed by atoms with Crippen LogP contribution in [-0.2, 0) is 4.79 Å². The van der Waals surface area contributed by atoms with Crippen LogP contribution < -0.4 is 0 Å². The van der Waals surface area contributed by atoms with Crippen molar-refractivity contribution < 1.29 is 4.79 Å². The van der Waals surface area contributed by atoms with Crippen molar-refractivity contribution in [2.24, 2.45) is 0 Å². The molecule has 2 nitrogen and oxygen atoms in total. The smallest absolute Gasteiger partial charge is 0.131 e. The Kier molecular flexibility index (Phi) is 7.77. The molecule has 0 spiro atoms. The first-order valence-electron chi connectivity index (χ1n) is 5.81. The standard InChI is InChI=1S/C12H25NO/c1-5-6-7-9-13(11(2)3)10-8-12(4)14/h11H,5-10H2,1-4H3. The van der Waals surface area contributed by atoms with Gasteiger partial charge in [0.15, 0.2) is 0 Å². The summed E-state index contributed by atoms with van der Waals surface area (Å²) in [5.41, 5.74) is 0. The third kappa shape index (κ3) is 7.07. The Balaban J connectivity index is 3.72. The summed E-state index contributed by atoms with van der Waals surface area (Å²) in [6, 6.07) is 0.561. The van der Waals surface area contributed by atoms with E-state index in [0.717, 1.165) is 13.1 Å². The topological polar surface area (TPSA) is 20.3 Å². The van der Waals surface area contributed by atoms with Gasteiger partial charge in [-0.2, -0.15) is 0 Å². The van der Waals surface area contributed by atoms with Crippen LogP contribution >= 0.6 is 0 Å². The molecule has 0 aliphatic rings. The van der Waals surface area contributed by atoms with Crippen molar-refractivity contribution >= 4 is 5.78 Å². The summed E-state index contributed by atoms with van der Waals surface area (Å²) in [6.45, 7) is 10.4. The Morgan fingerprint density at radius 3 is 2.29 bits per heavy atom. The largest absolute Gasteiger partial charge is 0.301 e. The van der Waals surface area contributed by atoms with Crippen LogP contribution in [-0.4, -0.2) is 29.8 Å². The highest BCUT2D eigenvalue weighted by molar-refractivity contribution is 5.75. The lowest BCUT2D eigenvalue weighted by molar-refractivity contribution is -0.117. The van der Waals surface area contributed by atoms with Crippen LogP contribution in [0.5, 0.6) is 0 Å². The molecule has 0 N–H and O–H groups in total. The number of ketones is 1. The normalized spacial score (nSPS) is 11.3. The first-order valence-corrected chi connectivity index (χ1v) is 5.81. The molecular formula is C12H25NO. The molecule has 0 aromatic carbocycles. The van der Waals surface area contributed by atoms with Crippen LogP contribution in [0.25, 0.3) is 0 Å². The number of hydrogen-bond acceptors (Lipinski definition) is 2. The number of hydrogen-bond donors (Lipinski definition) is 0. The van der Waals surface area contributed by atoms with Gasteiger partial charge in [0.1, 0.15) is 5.78 Å². The van der Waals surface area contributed by atoms with Gasteiger partial charge in [-0.15, -0.1) is 0 Å². The fourth-order valence-electron chi connectivity index (χ4n) is 1.49. The average Bonchev–Trinajstić information content (AvgIpc) is 2.10. The van der Waals surface area contributed by atoms with E-state index in [1.165, 1.54) is 19.3 Å². The van der Waals surface area contributed by atoms with Gasteiger partial charge in [0.2, 0.25) is 0 Å². The maximum absolute atomic E-state index is 10.9. The molecule has 2 heteroatoms. The molecule has 0 aromatic rings. The highest BCUT2D eigenvalue weighted by Crippen LogP contribution is 2.04. The Labute approximate surface area is 88.7 Å². The maximum atomic E-state index is 10.9. The minimum Gasteiger partial charge on any atom is -0.301 e. The molecule has 0 radical (unpaired) electrons. The van der Waals surface area contributed by atoms with E-state index in [-0.39, 0.29) is 0 Å². The Hall–Kier alpha value is -0.370. The van der Waals surface area contributed by atoms with E-state index in [9.17, 15) is 4.79 Å². The molecule has 0 atom stereocenters. The maximum Gasteiger partial charge on any atom is 0.131 e. The molecule has 0 rings (SSSR count). The van der Waals surface area contributed by atoms with Gasteiger partial charge in [0.05, 0.1) is 0 Å². The first-order chi connectivity index (χ1) is 6.57. The lowest BCUT2D eigenvalue weighted by atomic mass is 10.2. The first kappa shape index (κ1) is 13.6.